The number of hydrogen-bond donors (Lipinski definition) is 0. The summed E-state index contributed by atoms with van der Waals surface area (Å²) in [6.45, 7) is 2.28. The molecule has 0 unspecified atom stereocenters. The summed E-state index contributed by atoms with van der Waals surface area (Å²) in [6, 6.07) is 2.77. The van der Waals surface area contributed by atoms with Crippen molar-refractivity contribution in [3.63, 3.8) is 0 Å². The Morgan fingerprint density at radius 2 is 1.90 bits per heavy atom. The molecule has 0 saturated heterocycles. The SMILES string of the molecule is CCCCCCCOC(=O)c1cc(S(=O)(=O)Cl)ccc1F. The van der Waals surface area contributed by atoms with E-state index in [1.54, 1.807) is 0 Å². The predicted octanol–water partition coefficient (Wildman–Crippen LogP) is 3.88. The molecule has 1 aromatic rings. The van der Waals surface area contributed by atoms with Gasteiger partial charge in [0.05, 0.1) is 17.1 Å². The van der Waals surface area contributed by atoms with Crippen molar-refractivity contribution in [2.75, 3.05) is 6.61 Å². The first kappa shape index (κ1) is 17.9. The first-order chi connectivity index (χ1) is 9.86. The molecule has 1 rings (SSSR count). The summed E-state index contributed by atoms with van der Waals surface area (Å²) in [5.74, 6) is -1.72. The fraction of sp³-hybridized carbons (Fsp3) is 0.500. The van der Waals surface area contributed by atoms with Crippen LogP contribution in [0.5, 0.6) is 0 Å². The Labute approximate surface area is 128 Å². The third-order valence-electron chi connectivity index (χ3n) is 2.92. The lowest BCUT2D eigenvalue weighted by atomic mass is 10.2. The van der Waals surface area contributed by atoms with Crippen molar-refractivity contribution in [1.29, 1.82) is 0 Å². The molecule has 1 aromatic carbocycles. The molecule has 21 heavy (non-hydrogen) atoms. The number of benzene rings is 1. The van der Waals surface area contributed by atoms with Gasteiger partial charge in [0.1, 0.15) is 5.82 Å². The lowest BCUT2D eigenvalue weighted by molar-refractivity contribution is 0.0492. The van der Waals surface area contributed by atoms with Crippen LogP contribution in [0.3, 0.4) is 0 Å². The van der Waals surface area contributed by atoms with Gasteiger partial charge in [-0.15, -0.1) is 0 Å². The van der Waals surface area contributed by atoms with Crippen LogP contribution in [0.25, 0.3) is 0 Å². The molecule has 4 nitrogen and oxygen atoms in total. The quantitative estimate of drug-likeness (QED) is 0.410. The zero-order chi connectivity index (χ0) is 15.9. The summed E-state index contributed by atoms with van der Waals surface area (Å²) in [5.41, 5.74) is -0.426. The number of esters is 1. The van der Waals surface area contributed by atoms with Crippen molar-refractivity contribution in [2.24, 2.45) is 0 Å². The van der Waals surface area contributed by atoms with Crippen LogP contribution in [0.4, 0.5) is 4.39 Å². The summed E-state index contributed by atoms with van der Waals surface area (Å²) >= 11 is 0. The Morgan fingerprint density at radius 1 is 1.24 bits per heavy atom. The average molecular weight is 337 g/mol. The van der Waals surface area contributed by atoms with E-state index in [0.29, 0.717) is 6.42 Å². The Hall–Kier alpha value is -1.14. The first-order valence-corrected chi connectivity index (χ1v) is 9.08. The fourth-order valence-corrected chi connectivity index (χ4v) is 2.54. The molecule has 0 amide bonds. The minimum absolute atomic E-state index is 0.180. The molecule has 0 atom stereocenters. The smallest absolute Gasteiger partial charge is 0.341 e. The molecule has 0 N–H and O–H groups in total. The number of rotatable bonds is 8. The fourth-order valence-electron chi connectivity index (χ4n) is 1.76. The molecular formula is C14H18ClFO4S. The van der Waals surface area contributed by atoms with Crippen LogP contribution >= 0.6 is 10.7 Å². The summed E-state index contributed by atoms with van der Waals surface area (Å²) in [7, 11) is 1.15. The van der Waals surface area contributed by atoms with E-state index in [-0.39, 0.29) is 11.5 Å². The van der Waals surface area contributed by atoms with Crippen molar-refractivity contribution in [2.45, 2.75) is 43.9 Å². The zero-order valence-electron chi connectivity index (χ0n) is 11.8. The molecular weight excluding hydrogens is 319 g/mol. The second-order valence-corrected chi connectivity index (χ2v) is 7.20. The summed E-state index contributed by atoms with van der Waals surface area (Å²) in [5, 5.41) is 0. The minimum Gasteiger partial charge on any atom is -0.462 e. The van der Waals surface area contributed by atoms with Crippen molar-refractivity contribution < 1.29 is 22.3 Å². The highest BCUT2D eigenvalue weighted by molar-refractivity contribution is 8.13. The normalized spacial score (nSPS) is 11.4. The van der Waals surface area contributed by atoms with Gasteiger partial charge in [0.15, 0.2) is 0 Å². The van der Waals surface area contributed by atoms with Crippen LogP contribution in [-0.2, 0) is 13.8 Å². The van der Waals surface area contributed by atoms with E-state index >= 15 is 0 Å². The molecule has 118 valence electrons. The number of halogens is 2. The van der Waals surface area contributed by atoms with Crippen LogP contribution in [0, 0.1) is 5.82 Å². The second-order valence-electron chi connectivity index (χ2n) is 4.63. The first-order valence-electron chi connectivity index (χ1n) is 6.77. The maximum Gasteiger partial charge on any atom is 0.341 e. The molecule has 0 radical (unpaired) electrons. The molecule has 0 saturated carbocycles. The number of hydrogen-bond acceptors (Lipinski definition) is 4. The van der Waals surface area contributed by atoms with E-state index < -0.39 is 26.4 Å². The largest absolute Gasteiger partial charge is 0.462 e. The van der Waals surface area contributed by atoms with Gasteiger partial charge < -0.3 is 4.74 Å². The molecule has 0 aliphatic heterocycles. The highest BCUT2D eigenvalue weighted by atomic mass is 35.7. The third kappa shape index (κ3) is 6.01. The Kier molecular flexibility index (Phi) is 7.11. The maximum absolute atomic E-state index is 13.5. The van der Waals surface area contributed by atoms with Gasteiger partial charge >= 0.3 is 5.97 Å². The van der Waals surface area contributed by atoms with Crippen molar-refractivity contribution in [1.82, 2.24) is 0 Å². The number of unbranched alkanes of at least 4 members (excludes halogenated alkanes) is 4. The Bertz CT molecular complexity index is 587. The van der Waals surface area contributed by atoms with E-state index in [1.807, 2.05) is 0 Å². The van der Waals surface area contributed by atoms with E-state index in [2.05, 4.69) is 6.92 Å². The van der Waals surface area contributed by atoms with Crippen molar-refractivity contribution in [3.05, 3.63) is 29.6 Å². The third-order valence-corrected chi connectivity index (χ3v) is 4.27. The monoisotopic (exact) mass is 336 g/mol. The topological polar surface area (TPSA) is 60.4 Å². The van der Waals surface area contributed by atoms with Crippen LogP contribution in [0.2, 0.25) is 0 Å². The molecule has 0 heterocycles. The molecule has 0 spiro atoms. The number of ether oxygens (including phenoxy) is 1. The maximum atomic E-state index is 13.5. The van der Waals surface area contributed by atoms with Gasteiger partial charge in [-0.05, 0) is 24.6 Å². The van der Waals surface area contributed by atoms with E-state index in [4.69, 9.17) is 15.4 Å². The van der Waals surface area contributed by atoms with Gasteiger partial charge in [-0.3, -0.25) is 0 Å². The van der Waals surface area contributed by atoms with Gasteiger partial charge in [-0.2, -0.15) is 0 Å². The van der Waals surface area contributed by atoms with Crippen molar-refractivity contribution >= 4 is 25.7 Å². The molecule has 7 heteroatoms. The van der Waals surface area contributed by atoms with Gasteiger partial charge in [0, 0.05) is 10.7 Å². The number of carbonyl (C=O) groups is 1. The lowest BCUT2D eigenvalue weighted by Gasteiger charge is -2.06. The van der Waals surface area contributed by atoms with Crippen LogP contribution < -0.4 is 0 Å². The molecule has 0 aliphatic rings. The summed E-state index contributed by atoms with van der Waals surface area (Å²) in [4.78, 5) is 11.4. The zero-order valence-corrected chi connectivity index (χ0v) is 13.3. The summed E-state index contributed by atoms with van der Waals surface area (Å²) in [6.07, 6.45) is 4.92. The van der Waals surface area contributed by atoms with Crippen LogP contribution in [-0.4, -0.2) is 21.0 Å². The van der Waals surface area contributed by atoms with Crippen LogP contribution in [0.15, 0.2) is 23.1 Å². The summed E-state index contributed by atoms with van der Waals surface area (Å²) < 4.78 is 40.8. The molecule has 0 bridgehead atoms. The number of carbonyl (C=O) groups excluding carboxylic acids is 1. The van der Waals surface area contributed by atoms with Crippen molar-refractivity contribution in [3.8, 4) is 0 Å². The van der Waals surface area contributed by atoms with Gasteiger partial charge in [0.2, 0.25) is 0 Å². The van der Waals surface area contributed by atoms with Gasteiger partial charge in [-0.25, -0.2) is 17.6 Å². The van der Waals surface area contributed by atoms with Gasteiger partial charge in [0.25, 0.3) is 9.05 Å². The Morgan fingerprint density at radius 3 is 2.52 bits per heavy atom. The minimum atomic E-state index is -4.01. The second kappa shape index (κ2) is 8.34. The van der Waals surface area contributed by atoms with Crippen LogP contribution in [0.1, 0.15) is 49.4 Å². The van der Waals surface area contributed by atoms with E-state index in [1.165, 1.54) is 0 Å². The highest BCUT2D eigenvalue weighted by Gasteiger charge is 2.18. The molecule has 0 aromatic heterocycles. The standard InChI is InChI=1S/C14H18ClFO4S/c1-2-3-4-5-6-9-20-14(17)12-10-11(21(15,18)19)7-8-13(12)16/h7-8,10H,2-6,9H2,1H3. The van der Waals surface area contributed by atoms with E-state index in [0.717, 1.165) is 43.9 Å². The molecule has 0 aliphatic carbocycles. The predicted molar refractivity (Wildman–Crippen MR) is 78.5 cm³/mol. The van der Waals surface area contributed by atoms with Gasteiger partial charge in [-0.1, -0.05) is 32.6 Å². The lowest BCUT2D eigenvalue weighted by Crippen LogP contribution is -2.09. The average Bonchev–Trinajstić information content (AvgIpc) is 2.41. The highest BCUT2D eigenvalue weighted by Crippen LogP contribution is 2.19. The van der Waals surface area contributed by atoms with E-state index in [9.17, 15) is 17.6 Å². The molecule has 0 fully saturated rings. The Balaban J connectivity index is 2.62.